The third-order valence-electron chi connectivity index (χ3n) is 4.52. The normalized spacial score (nSPS) is 32.5. The van der Waals surface area contributed by atoms with Gasteiger partial charge in [0.1, 0.15) is 12.2 Å². The van der Waals surface area contributed by atoms with Crippen LogP contribution in [0.5, 0.6) is 0 Å². The average molecular weight is 308 g/mol. The second-order valence-corrected chi connectivity index (χ2v) is 6.18. The minimum atomic E-state index is -0.509. The van der Waals surface area contributed by atoms with Gasteiger partial charge in [0, 0.05) is 19.3 Å². The number of allylic oxidation sites excluding steroid dienone is 1. The van der Waals surface area contributed by atoms with Gasteiger partial charge in [-0.1, -0.05) is 18.6 Å². The fourth-order valence-electron chi connectivity index (χ4n) is 3.11. The van der Waals surface area contributed by atoms with Crippen molar-refractivity contribution in [1.29, 1.82) is 0 Å². The van der Waals surface area contributed by atoms with Gasteiger partial charge >= 0.3 is 11.9 Å². The van der Waals surface area contributed by atoms with Crippen LogP contribution in [0.25, 0.3) is 0 Å². The minimum Gasteiger partial charge on any atom is -0.458 e. The van der Waals surface area contributed by atoms with E-state index in [1.54, 1.807) is 6.08 Å². The molecule has 22 heavy (non-hydrogen) atoms. The van der Waals surface area contributed by atoms with E-state index in [-0.39, 0.29) is 36.5 Å². The van der Waals surface area contributed by atoms with E-state index in [2.05, 4.69) is 0 Å². The summed E-state index contributed by atoms with van der Waals surface area (Å²) in [5.41, 5.74) is 1.79. The zero-order valence-electron chi connectivity index (χ0n) is 13.4. The Bertz CT molecular complexity index is 505. The minimum absolute atomic E-state index is 0.0912. The maximum Gasteiger partial charge on any atom is 0.309 e. The Kier molecular flexibility index (Phi) is 5.40. The molecule has 4 atom stereocenters. The third-order valence-corrected chi connectivity index (χ3v) is 4.52. The molecule has 1 aliphatic heterocycles. The molecule has 0 aromatic heterocycles. The summed E-state index contributed by atoms with van der Waals surface area (Å²) >= 11 is 0. The molecule has 2 aliphatic rings. The highest BCUT2D eigenvalue weighted by molar-refractivity contribution is 5.75. The molecule has 1 saturated heterocycles. The van der Waals surface area contributed by atoms with Crippen molar-refractivity contribution in [3.8, 4) is 0 Å². The molecule has 4 unspecified atom stereocenters. The second-order valence-electron chi connectivity index (χ2n) is 6.18. The van der Waals surface area contributed by atoms with Crippen molar-refractivity contribution in [2.24, 2.45) is 11.8 Å². The van der Waals surface area contributed by atoms with Crippen molar-refractivity contribution in [1.82, 2.24) is 0 Å². The van der Waals surface area contributed by atoms with E-state index in [1.807, 2.05) is 19.9 Å². The van der Waals surface area contributed by atoms with E-state index < -0.39 is 6.10 Å². The number of carbonyl (C=O) groups excluding carboxylic acids is 2. The summed E-state index contributed by atoms with van der Waals surface area (Å²) in [6.45, 7) is 5.05. The van der Waals surface area contributed by atoms with Gasteiger partial charge < -0.3 is 14.6 Å². The Morgan fingerprint density at radius 2 is 2.23 bits per heavy atom. The number of hydrogen-bond acceptors (Lipinski definition) is 5. The van der Waals surface area contributed by atoms with Crippen molar-refractivity contribution in [3.05, 3.63) is 23.3 Å². The molecule has 0 bridgehead atoms. The van der Waals surface area contributed by atoms with E-state index in [9.17, 15) is 14.7 Å². The van der Waals surface area contributed by atoms with Gasteiger partial charge in [-0.25, -0.2) is 0 Å². The smallest absolute Gasteiger partial charge is 0.309 e. The molecule has 0 aromatic carbocycles. The molecule has 0 aromatic rings. The summed E-state index contributed by atoms with van der Waals surface area (Å²) in [6, 6.07) is 0. The lowest BCUT2D eigenvalue weighted by atomic mass is 9.84. The number of carbonyl (C=O) groups is 2. The summed E-state index contributed by atoms with van der Waals surface area (Å²) < 4.78 is 10.8. The first-order chi connectivity index (χ1) is 10.4. The molecule has 122 valence electrons. The topological polar surface area (TPSA) is 72.8 Å². The van der Waals surface area contributed by atoms with Gasteiger partial charge in [0.25, 0.3) is 0 Å². The van der Waals surface area contributed by atoms with Gasteiger partial charge in [0.15, 0.2) is 0 Å². The van der Waals surface area contributed by atoms with Crippen molar-refractivity contribution in [3.63, 3.8) is 0 Å². The summed E-state index contributed by atoms with van der Waals surface area (Å²) in [6.07, 6.45) is 5.23. The maximum absolute atomic E-state index is 11.9. The summed E-state index contributed by atoms with van der Waals surface area (Å²) in [7, 11) is 0. The van der Waals surface area contributed by atoms with E-state index in [0.717, 1.165) is 12.8 Å². The lowest BCUT2D eigenvalue weighted by Gasteiger charge is -2.23. The Balaban J connectivity index is 2.34. The van der Waals surface area contributed by atoms with E-state index in [1.165, 1.54) is 12.5 Å². The maximum atomic E-state index is 11.9. The average Bonchev–Trinajstić information content (AvgIpc) is 2.73. The van der Waals surface area contributed by atoms with Crippen LogP contribution < -0.4 is 0 Å². The van der Waals surface area contributed by atoms with E-state index in [0.29, 0.717) is 12.0 Å². The molecular weight excluding hydrogens is 284 g/mol. The highest BCUT2D eigenvalue weighted by Crippen LogP contribution is 2.35. The fourth-order valence-corrected chi connectivity index (χ4v) is 3.11. The Hall–Kier alpha value is -1.62. The Morgan fingerprint density at radius 3 is 2.86 bits per heavy atom. The first kappa shape index (κ1) is 16.7. The van der Waals surface area contributed by atoms with Gasteiger partial charge in [0.05, 0.1) is 12.5 Å². The molecule has 1 fully saturated rings. The Morgan fingerprint density at radius 1 is 1.50 bits per heavy atom. The van der Waals surface area contributed by atoms with E-state index in [4.69, 9.17) is 9.47 Å². The molecular formula is C17H24O5. The fraction of sp³-hybridized carbons (Fsp3) is 0.647. The highest BCUT2D eigenvalue weighted by Gasteiger charge is 2.41. The summed E-state index contributed by atoms with van der Waals surface area (Å²) in [5, 5.41) is 9.65. The van der Waals surface area contributed by atoms with Crippen molar-refractivity contribution >= 4 is 11.9 Å². The SMILES string of the molecule is CC(=O)OC1CC=C(C)CCC2C(C=C1CO)OC(=O)C2C. The monoisotopic (exact) mass is 308 g/mol. The quantitative estimate of drug-likeness (QED) is 0.625. The van der Waals surface area contributed by atoms with Gasteiger partial charge in [0.2, 0.25) is 0 Å². The van der Waals surface area contributed by atoms with Gasteiger partial charge in [-0.15, -0.1) is 0 Å². The number of aliphatic hydroxyl groups is 1. The van der Waals surface area contributed by atoms with Crippen LogP contribution in [-0.4, -0.2) is 35.9 Å². The van der Waals surface area contributed by atoms with Crippen LogP contribution in [0.15, 0.2) is 23.3 Å². The third kappa shape index (κ3) is 3.77. The first-order valence-corrected chi connectivity index (χ1v) is 7.77. The lowest BCUT2D eigenvalue weighted by molar-refractivity contribution is -0.145. The predicted molar refractivity (Wildman–Crippen MR) is 80.9 cm³/mol. The number of rotatable bonds is 2. The molecule has 0 radical (unpaired) electrons. The van der Waals surface area contributed by atoms with Crippen LogP contribution in [0.1, 0.15) is 40.0 Å². The van der Waals surface area contributed by atoms with E-state index >= 15 is 0 Å². The standard InChI is InChI=1S/C17H24O5/c1-10-4-6-14-11(2)17(20)22-16(14)8-13(9-18)15(7-5-10)21-12(3)19/h5,8,11,14-16,18H,4,6-7,9H2,1-3H3. The van der Waals surface area contributed by atoms with Crippen LogP contribution in [0.2, 0.25) is 0 Å². The Labute approximate surface area is 131 Å². The molecule has 1 N–H and O–H groups in total. The van der Waals surface area contributed by atoms with Gasteiger partial charge in [-0.2, -0.15) is 0 Å². The number of fused-ring (bicyclic) bond motifs is 1. The predicted octanol–water partition coefficient (Wildman–Crippen LogP) is 2.14. The number of ether oxygens (including phenoxy) is 2. The molecule has 5 heteroatoms. The van der Waals surface area contributed by atoms with Crippen LogP contribution in [0.4, 0.5) is 0 Å². The van der Waals surface area contributed by atoms with Gasteiger partial charge in [-0.05, 0) is 31.4 Å². The molecule has 1 heterocycles. The van der Waals surface area contributed by atoms with Crippen molar-refractivity contribution in [2.45, 2.75) is 52.2 Å². The molecule has 0 amide bonds. The van der Waals surface area contributed by atoms with Crippen LogP contribution >= 0.6 is 0 Å². The van der Waals surface area contributed by atoms with Crippen LogP contribution in [0.3, 0.4) is 0 Å². The summed E-state index contributed by atoms with van der Waals surface area (Å²) in [5.74, 6) is -0.650. The second kappa shape index (κ2) is 7.09. The van der Waals surface area contributed by atoms with Crippen molar-refractivity contribution < 1.29 is 24.2 Å². The van der Waals surface area contributed by atoms with Crippen LogP contribution in [0, 0.1) is 11.8 Å². The molecule has 0 spiro atoms. The first-order valence-electron chi connectivity index (χ1n) is 7.77. The van der Waals surface area contributed by atoms with Gasteiger partial charge in [-0.3, -0.25) is 9.59 Å². The lowest BCUT2D eigenvalue weighted by Crippen LogP contribution is -2.25. The summed E-state index contributed by atoms with van der Waals surface area (Å²) in [4.78, 5) is 23.2. The largest absolute Gasteiger partial charge is 0.458 e. The zero-order chi connectivity index (χ0) is 16.3. The zero-order valence-corrected chi connectivity index (χ0v) is 13.4. The molecule has 0 saturated carbocycles. The molecule has 2 rings (SSSR count). The van der Waals surface area contributed by atoms with Crippen molar-refractivity contribution in [2.75, 3.05) is 6.61 Å². The number of esters is 2. The number of aliphatic hydroxyl groups excluding tert-OH is 1. The molecule has 5 nitrogen and oxygen atoms in total. The van der Waals surface area contributed by atoms with Crippen LogP contribution in [-0.2, 0) is 19.1 Å². The highest BCUT2D eigenvalue weighted by atomic mass is 16.6. The number of hydrogen-bond donors (Lipinski definition) is 1. The molecule has 1 aliphatic carbocycles.